The Balaban J connectivity index is 0.000000205. The number of aryl methyl sites for hydroxylation is 1. The molecule has 1 saturated carbocycles. The van der Waals surface area contributed by atoms with Gasteiger partial charge in [-0.2, -0.15) is 0 Å². The number of nitrogens with zero attached hydrogens (tertiary/aromatic N) is 3. The molecular formula is C60H69ClN4O9. The van der Waals surface area contributed by atoms with Crippen molar-refractivity contribution in [1.82, 2.24) is 19.7 Å². The van der Waals surface area contributed by atoms with Gasteiger partial charge in [-0.15, -0.1) is 0 Å². The number of H-pyrrole nitrogens is 1. The van der Waals surface area contributed by atoms with Gasteiger partial charge in [-0.25, -0.2) is 4.79 Å². The Bertz CT molecular complexity index is 2880. The fourth-order valence-electron chi connectivity index (χ4n) is 12.1. The van der Waals surface area contributed by atoms with Crippen molar-refractivity contribution in [1.29, 1.82) is 0 Å². The fraction of sp³-hybridized carbons (Fsp3) is 0.400. The quantitative estimate of drug-likeness (QED) is 0.0825. The number of aromatic nitrogens is 1. The van der Waals surface area contributed by atoms with E-state index in [9.17, 15) is 9.59 Å². The SMILES string of the molecule is COC(=O)[C@H]1[C@H]2C[C@@H]3c4[nH]c5cc(OC)ccc5c4CCN3C[C@H]2C[C@@H](OC(=O)/C=C/c2cc(OC)c(OC)c(OC)c2)[C@@H]1OC.Cc1cccc(CN2CCN(C(c3ccccc3)c3ccc(Cl)cc3)CC2)c1. The molecule has 1 unspecified atom stereocenters. The summed E-state index contributed by atoms with van der Waals surface area (Å²) in [5, 5.41) is 2.01. The first-order chi connectivity index (χ1) is 36.0. The van der Waals surface area contributed by atoms with Gasteiger partial charge in [0, 0.05) is 86.7 Å². The van der Waals surface area contributed by atoms with Crippen LogP contribution in [0.2, 0.25) is 5.02 Å². The molecule has 0 radical (unpaired) electrons. The van der Waals surface area contributed by atoms with Crippen LogP contribution in [0.4, 0.5) is 0 Å². The number of piperidine rings is 1. The summed E-state index contributed by atoms with van der Waals surface area (Å²) in [5.74, 6) is 0.873. The van der Waals surface area contributed by atoms with Crippen LogP contribution in [0.3, 0.4) is 0 Å². The van der Waals surface area contributed by atoms with Crippen molar-refractivity contribution in [2.75, 3.05) is 81.9 Å². The maximum atomic E-state index is 13.4. The summed E-state index contributed by atoms with van der Waals surface area (Å²) in [6, 6.07) is 38.1. The smallest absolute Gasteiger partial charge is 0.331 e. The van der Waals surface area contributed by atoms with Crippen LogP contribution in [0, 0.1) is 24.7 Å². The minimum atomic E-state index is -0.645. The second-order valence-corrected chi connectivity index (χ2v) is 20.2. The van der Waals surface area contributed by atoms with Crippen LogP contribution in [-0.4, -0.2) is 126 Å². The van der Waals surface area contributed by atoms with E-state index in [0.29, 0.717) is 29.2 Å². The molecule has 13 nitrogen and oxygen atoms in total. The molecule has 3 fully saturated rings. The highest BCUT2D eigenvalue weighted by Gasteiger charge is 2.54. The van der Waals surface area contributed by atoms with Crippen LogP contribution >= 0.6 is 11.6 Å². The third-order valence-electron chi connectivity index (χ3n) is 15.5. The average molecular weight is 1030 g/mol. The normalized spacial score (nSPS) is 22.3. The van der Waals surface area contributed by atoms with Crippen molar-refractivity contribution in [2.24, 2.45) is 17.8 Å². The zero-order valence-electron chi connectivity index (χ0n) is 43.6. The third-order valence-corrected chi connectivity index (χ3v) is 15.8. The molecule has 390 valence electrons. The number of piperazine rings is 1. The van der Waals surface area contributed by atoms with Gasteiger partial charge < -0.3 is 38.1 Å². The molecule has 4 heterocycles. The number of nitrogens with one attached hydrogen (secondary N) is 1. The highest BCUT2D eigenvalue weighted by molar-refractivity contribution is 6.30. The first-order valence-corrected chi connectivity index (χ1v) is 25.9. The van der Waals surface area contributed by atoms with Crippen molar-refractivity contribution in [3.63, 3.8) is 0 Å². The molecule has 4 aliphatic rings. The molecule has 7 atom stereocenters. The lowest BCUT2D eigenvalue weighted by Crippen LogP contribution is -2.58. The summed E-state index contributed by atoms with van der Waals surface area (Å²) in [6.07, 6.45) is 4.01. The lowest BCUT2D eigenvalue weighted by atomic mass is 9.63. The summed E-state index contributed by atoms with van der Waals surface area (Å²) in [6.45, 7) is 9.20. The predicted octanol–water partition coefficient (Wildman–Crippen LogP) is 10.1. The Kier molecular flexibility index (Phi) is 17.0. The molecule has 0 amide bonds. The number of esters is 2. The molecule has 0 spiro atoms. The summed E-state index contributed by atoms with van der Waals surface area (Å²) in [5.41, 5.74) is 9.66. The van der Waals surface area contributed by atoms with Gasteiger partial charge in [0.05, 0.1) is 53.6 Å². The second-order valence-electron chi connectivity index (χ2n) is 19.8. The Morgan fingerprint density at radius 1 is 0.770 bits per heavy atom. The average Bonchev–Trinajstić information content (AvgIpc) is 3.81. The zero-order chi connectivity index (χ0) is 51.9. The zero-order valence-corrected chi connectivity index (χ0v) is 44.3. The summed E-state index contributed by atoms with van der Waals surface area (Å²) in [7, 11) is 9.24. The second kappa shape index (κ2) is 23.9. The first-order valence-electron chi connectivity index (χ1n) is 25.6. The van der Waals surface area contributed by atoms with Gasteiger partial charge in [0.1, 0.15) is 18.0 Å². The maximum Gasteiger partial charge on any atom is 0.331 e. The number of aromatic amines is 1. The Morgan fingerprint density at radius 2 is 1.50 bits per heavy atom. The van der Waals surface area contributed by atoms with Crippen LogP contribution in [0.1, 0.15) is 64.0 Å². The molecule has 2 saturated heterocycles. The molecule has 14 heteroatoms. The van der Waals surface area contributed by atoms with Crippen molar-refractivity contribution >= 4 is 40.5 Å². The number of fused-ring (bicyclic) bond motifs is 6. The monoisotopic (exact) mass is 1020 g/mol. The molecule has 6 aromatic rings. The fourth-order valence-corrected chi connectivity index (χ4v) is 12.2. The van der Waals surface area contributed by atoms with E-state index in [-0.39, 0.29) is 29.9 Å². The lowest BCUT2D eigenvalue weighted by molar-refractivity contribution is -0.187. The van der Waals surface area contributed by atoms with Gasteiger partial charge in [-0.1, -0.05) is 83.9 Å². The highest BCUT2D eigenvalue weighted by Crippen LogP contribution is 2.51. The molecule has 3 aliphatic heterocycles. The van der Waals surface area contributed by atoms with Gasteiger partial charge in [0.2, 0.25) is 5.75 Å². The lowest BCUT2D eigenvalue weighted by Gasteiger charge is -2.52. The summed E-state index contributed by atoms with van der Waals surface area (Å²) in [4.78, 5) is 37.9. The molecule has 1 aromatic heterocycles. The number of methoxy groups -OCH3 is 6. The largest absolute Gasteiger partial charge is 0.497 e. The molecule has 10 rings (SSSR count). The van der Waals surface area contributed by atoms with Crippen molar-refractivity contribution in [3.05, 3.63) is 159 Å². The number of hydrogen-bond donors (Lipinski definition) is 1. The van der Waals surface area contributed by atoms with Crippen LogP contribution in [-0.2, 0) is 36.8 Å². The third kappa shape index (κ3) is 11.5. The molecule has 1 N–H and O–H groups in total. The number of hydrogen-bond acceptors (Lipinski definition) is 12. The van der Waals surface area contributed by atoms with Crippen molar-refractivity contribution in [3.8, 4) is 23.0 Å². The maximum absolute atomic E-state index is 13.4. The Hall–Kier alpha value is -6.35. The molecule has 0 bridgehead atoms. The van der Waals surface area contributed by atoms with Crippen LogP contribution in [0.25, 0.3) is 17.0 Å². The molecule has 5 aromatic carbocycles. The number of benzene rings is 5. The summed E-state index contributed by atoms with van der Waals surface area (Å²) >= 11 is 6.14. The van der Waals surface area contributed by atoms with E-state index in [1.165, 1.54) is 73.4 Å². The number of carbonyl (C=O) groups is 2. The molecule has 74 heavy (non-hydrogen) atoms. The minimum Gasteiger partial charge on any atom is -0.497 e. The van der Waals surface area contributed by atoms with E-state index in [2.05, 4.69) is 99.4 Å². The molecular weight excluding hydrogens is 956 g/mol. The minimum absolute atomic E-state index is 0.00438. The van der Waals surface area contributed by atoms with Crippen molar-refractivity contribution < 1.29 is 42.7 Å². The topological polar surface area (TPSA) is 124 Å². The van der Waals surface area contributed by atoms with Gasteiger partial charge in [-0.3, -0.25) is 19.5 Å². The summed E-state index contributed by atoms with van der Waals surface area (Å²) < 4.78 is 39.0. The number of halogens is 1. The van der Waals surface area contributed by atoms with Crippen LogP contribution < -0.4 is 18.9 Å². The van der Waals surface area contributed by atoms with Crippen molar-refractivity contribution in [2.45, 2.75) is 57.0 Å². The predicted molar refractivity (Wildman–Crippen MR) is 288 cm³/mol. The van der Waals surface area contributed by atoms with E-state index in [1.54, 1.807) is 32.4 Å². The van der Waals surface area contributed by atoms with Gasteiger partial charge in [-0.05, 0) is 108 Å². The van der Waals surface area contributed by atoms with Crippen LogP contribution in [0.15, 0.2) is 115 Å². The Labute approximate surface area is 440 Å². The van der Waals surface area contributed by atoms with E-state index < -0.39 is 24.1 Å². The van der Waals surface area contributed by atoms with E-state index in [4.69, 9.17) is 44.8 Å². The Morgan fingerprint density at radius 3 is 2.16 bits per heavy atom. The highest BCUT2D eigenvalue weighted by atomic mass is 35.5. The van der Waals surface area contributed by atoms with Crippen LogP contribution in [0.5, 0.6) is 23.0 Å². The van der Waals surface area contributed by atoms with Gasteiger partial charge >= 0.3 is 11.9 Å². The molecule has 1 aliphatic carbocycles. The van der Waals surface area contributed by atoms with E-state index >= 15 is 0 Å². The number of carbonyl (C=O) groups excluding carboxylic acids is 2. The van der Waals surface area contributed by atoms with E-state index in [1.807, 2.05) is 24.3 Å². The number of ether oxygens (including phenoxy) is 7. The first kappa shape index (κ1) is 52.5. The van der Waals surface area contributed by atoms with Gasteiger partial charge in [0.15, 0.2) is 11.5 Å². The standard InChI is InChI=1S/C35H42N2O9.C25H27ClN2/c1-40-21-8-9-22-23-11-12-37-18-20-15-29(46-30(38)10-7-19-13-27(41-2)33(43-4)28(14-19)42-3)34(44-5)31(35(39)45-6)24(20)17-26(37)32(23)36-25(22)16-21;1-20-6-5-7-21(18-20)19-27-14-16-28(17-15-27)25(22-8-3-2-4-9-22)23-10-12-24(26)13-11-23/h7-10,13-14,16,20,24,26,29,31,34,36H,11-12,15,17-18H2,1-6H3;2-13,18,25H,14-17,19H2,1H3/b10-7+;/t20-,24+,26-,29-,31+,34+;/m1./s1. The van der Waals surface area contributed by atoms with Gasteiger partial charge in [0.25, 0.3) is 0 Å². The number of rotatable bonds is 14. The van der Waals surface area contributed by atoms with E-state index in [0.717, 1.165) is 74.9 Å².